The molecule has 0 spiro atoms. The predicted octanol–water partition coefficient (Wildman–Crippen LogP) is 6.31. The molecule has 32 heavy (non-hydrogen) atoms. The second kappa shape index (κ2) is 10.2. The van der Waals surface area contributed by atoms with Gasteiger partial charge in [0.25, 0.3) is 0 Å². The second-order valence-corrected chi connectivity index (χ2v) is 8.60. The van der Waals surface area contributed by atoms with Crippen molar-refractivity contribution in [2.24, 2.45) is 0 Å². The number of benzene rings is 2. The number of nitrogens with zero attached hydrogens (tertiary/aromatic N) is 1. The Morgan fingerprint density at radius 2 is 1.97 bits per heavy atom. The van der Waals surface area contributed by atoms with Crippen LogP contribution in [0.2, 0.25) is 10.0 Å². The van der Waals surface area contributed by atoms with Crippen molar-refractivity contribution in [1.82, 2.24) is 15.3 Å². The first-order valence-electron chi connectivity index (χ1n) is 10.8. The Morgan fingerprint density at radius 1 is 1.09 bits per heavy atom. The topological polar surface area (TPSA) is 57.8 Å². The van der Waals surface area contributed by atoms with Crippen LogP contribution >= 0.6 is 23.2 Å². The smallest absolute Gasteiger partial charge is 0.220 e. The number of hydrogen-bond donors (Lipinski definition) is 2. The lowest BCUT2D eigenvalue weighted by molar-refractivity contribution is -0.121. The molecule has 4 aromatic rings. The summed E-state index contributed by atoms with van der Waals surface area (Å²) < 4.78 is 0. The van der Waals surface area contributed by atoms with Crippen molar-refractivity contribution in [1.29, 1.82) is 0 Å². The summed E-state index contributed by atoms with van der Waals surface area (Å²) in [6.07, 6.45) is 5.71. The number of aromatic nitrogens is 2. The molecule has 2 aromatic heterocycles. The van der Waals surface area contributed by atoms with E-state index in [0.717, 1.165) is 34.1 Å². The Kier molecular flexibility index (Phi) is 7.13. The van der Waals surface area contributed by atoms with Gasteiger partial charge in [0, 0.05) is 54.3 Å². The van der Waals surface area contributed by atoms with E-state index < -0.39 is 0 Å². The molecule has 2 aromatic carbocycles. The number of aryl methyl sites for hydroxylation is 1. The van der Waals surface area contributed by atoms with Crippen molar-refractivity contribution < 1.29 is 4.79 Å². The number of hydrogen-bond acceptors (Lipinski definition) is 2. The SMILES string of the molecule is CCc1cccc2c([C@H](CC(=O)NCCc3ccccn3)c3ccc(Cl)c(Cl)c3)c[nH]c12. The minimum Gasteiger partial charge on any atom is -0.361 e. The minimum atomic E-state index is -0.152. The van der Waals surface area contributed by atoms with Gasteiger partial charge in [0.2, 0.25) is 5.91 Å². The molecule has 1 amide bonds. The number of carbonyl (C=O) groups excluding carboxylic acids is 1. The highest BCUT2D eigenvalue weighted by Crippen LogP contribution is 2.36. The molecule has 6 heteroatoms. The highest BCUT2D eigenvalue weighted by molar-refractivity contribution is 6.42. The summed E-state index contributed by atoms with van der Waals surface area (Å²) in [6, 6.07) is 17.7. The summed E-state index contributed by atoms with van der Waals surface area (Å²) in [5, 5.41) is 5.15. The number of amides is 1. The van der Waals surface area contributed by atoms with E-state index >= 15 is 0 Å². The molecule has 0 bridgehead atoms. The molecule has 0 aliphatic rings. The maximum absolute atomic E-state index is 12.9. The lowest BCUT2D eigenvalue weighted by Crippen LogP contribution is -2.27. The number of nitrogens with one attached hydrogen (secondary N) is 2. The molecule has 2 N–H and O–H groups in total. The van der Waals surface area contributed by atoms with Gasteiger partial charge in [0.05, 0.1) is 10.0 Å². The van der Waals surface area contributed by atoms with Gasteiger partial charge in [-0.05, 0) is 47.4 Å². The molecule has 0 radical (unpaired) electrons. The zero-order valence-electron chi connectivity index (χ0n) is 17.9. The number of H-pyrrole nitrogens is 1. The van der Waals surface area contributed by atoms with Crippen LogP contribution in [0.25, 0.3) is 10.9 Å². The molecule has 0 aliphatic carbocycles. The number of halogens is 2. The molecular weight excluding hydrogens is 441 g/mol. The van der Waals surface area contributed by atoms with Crippen molar-refractivity contribution in [2.45, 2.75) is 32.1 Å². The fraction of sp³-hybridized carbons (Fsp3) is 0.231. The van der Waals surface area contributed by atoms with Gasteiger partial charge in [-0.25, -0.2) is 0 Å². The number of rotatable bonds is 8. The first-order valence-corrected chi connectivity index (χ1v) is 11.5. The predicted molar refractivity (Wildman–Crippen MR) is 132 cm³/mol. The van der Waals surface area contributed by atoms with Gasteiger partial charge in [0.15, 0.2) is 0 Å². The van der Waals surface area contributed by atoms with Crippen molar-refractivity contribution in [3.8, 4) is 0 Å². The molecule has 0 fully saturated rings. The van der Waals surface area contributed by atoms with Crippen LogP contribution in [0.5, 0.6) is 0 Å². The quantitative estimate of drug-likeness (QED) is 0.320. The van der Waals surface area contributed by atoms with Crippen molar-refractivity contribution in [2.75, 3.05) is 6.54 Å². The van der Waals surface area contributed by atoms with Crippen LogP contribution in [0.4, 0.5) is 0 Å². The standard InChI is InChI=1S/C26H25Cl2N3O/c1-2-17-6-5-8-20-22(16-31-26(17)20)21(18-9-10-23(27)24(28)14-18)15-25(32)30-13-11-19-7-3-4-12-29-19/h3-10,12,14,16,21,31H,2,11,13,15H2,1H3,(H,30,32)/t21-/m1/s1. The van der Waals surface area contributed by atoms with E-state index in [9.17, 15) is 4.79 Å². The monoisotopic (exact) mass is 465 g/mol. The Hall–Kier alpha value is -2.82. The summed E-state index contributed by atoms with van der Waals surface area (Å²) in [6.45, 7) is 2.68. The molecule has 2 heterocycles. The van der Waals surface area contributed by atoms with E-state index in [1.165, 1.54) is 5.56 Å². The van der Waals surface area contributed by atoms with Crippen LogP contribution in [-0.2, 0) is 17.6 Å². The van der Waals surface area contributed by atoms with Gasteiger partial charge < -0.3 is 10.3 Å². The minimum absolute atomic E-state index is 0.0157. The fourth-order valence-corrected chi connectivity index (χ4v) is 4.40. The van der Waals surface area contributed by atoms with Crippen LogP contribution in [0, 0.1) is 0 Å². The summed E-state index contributed by atoms with van der Waals surface area (Å²) >= 11 is 12.5. The van der Waals surface area contributed by atoms with E-state index in [-0.39, 0.29) is 11.8 Å². The molecule has 0 saturated carbocycles. The van der Waals surface area contributed by atoms with Crippen molar-refractivity contribution in [3.63, 3.8) is 0 Å². The Bertz CT molecular complexity index is 1220. The zero-order chi connectivity index (χ0) is 22.5. The first-order chi connectivity index (χ1) is 15.6. The third-order valence-electron chi connectivity index (χ3n) is 5.76. The van der Waals surface area contributed by atoms with E-state index in [2.05, 4.69) is 40.4 Å². The van der Waals surface area contributed by atoms with Crippen LogP contribution in [0.3, 0.4) is 0 Å². The number of fused-ring (bicyclic) bond motifs is 1. The molecule has 0 aliphatic heterocycles. The third-order valence-corrected chi connectivity index (χ3v) is 6.49. The Morgan fingerprint density at radius 3 is 2.72 bits per heavy atom. The van der Waals surface area contributed by atoms with Gasteiger partial charge in [-0.2, -0.15) is 0 Å². The maximum Gasteiger partial charge on any atom is 0.220 e. The van der Waals surface area contributed by atoms with Gasteiger partial charge >= 0.3 is 0 Å². The van der Waals surface area contributed by atoms with Gasteiger partial charge in [0.1, 0.15) is 0 Å². The Labute approximate surface area is 198 Å². The molecule has 164 valence electrons. The average Bonchev–Trinajstić information content (AvgIpc) is 3.24. The highest BCUT2D eigenvalue weighted by atomic mass is 35.5. The summed E-state index contributed by atoms with van der Waals surface area (Å²) in [5.41, 5.74) is 5.36. The molecular formula is C26H25Cl2N3O. The van der Waals surface area contributed by atoms with Crippen molar-refractivity contribution >= 4 is 40.0 Å². The average molecular weight is 466 g/mol. The molecule has 1 atom stereocenters. The summed E-state index contributed by atoms with van der Waals surface area (Å²) in [4.78, 5) is 20.7. The van der Waals surface area contributed by atoms with Gasteiger partial charge in [-0.3, -0.25) is 9.78 Å². The van der Waals surface area contributed by atoms with Gasteiger partial charge in [-0.15, -0.1) is 0 Å². The summed E-state index contributed by atoms with van der Waals surface area (Å²) in [7, 11) is 0. The largest absolute Gasteiger partial charge is 0.361 e. The van der Waals surface area contributed by atoms with Crippen LogP contribution < -0.4 is 5.32 Å². The van der Waals surface area contributed by atoms with E-state index in [4.69, 9.17) is 23.2 Å². The van der Waals surface area contributed by atoms with Crippen molar-refractivity contribution in [3.05, 3.63) is 99.4 Å². The summed E-state index contributed by atoms with van der Waals surface area (Å²) in [5.74, 6) is -0.168. The normalized spacial score (nSPS) is 12.1. The number of aromatic amines is 1. The number of carbonyl (C=O) groups is 1. The fourth-order valence-electron chi connectivity index (χ4n) is 4.09. The van der Waals surface area contributed by atoms with E-state index in [1.54, 1.807) is 12.3 Å². The molecule has 4 rings (SSSR count). The molecule has 0 unspecified atom stereocenters. The van der Waals surface area contributed by atoms with Gasteiger partial charge in [-0.1, -0.05) is 60.5 Å². The lowest BCUT2D eigenvalue weighted by Gasteiger charge is -2.18. The second-order valence-electron chi connectivity index (χ2n) is 7.79. The lowest BCUT2D eigenvalue weighted by atomic mass is 9.87. The van der Waals surface area contributed by atoms with Crippen LogP contribution in [-0.4, -0.2) is 22.4 Å². The highest BCUT2D eigenvalue weighted by Gasteiger charge is 2.22. The van der Waals surface area contributed by atoms with E-state index in [0.29, 0.717) is 29.4 Å². The molecule has 4 nitrogen and oxygen atoms in total. The number of pyridine rings is 1. The van der Waals surface area contributed by atoms with E-state index in [1.807, 2.05) is 36.5 Å². The molecule has 0 saturated heterocycles. The Balaban J connectivity index is 1.60. The maximum atomic E-state index is 12.9. The third kappa shape index (κ3) is 4.98. The number of para-hydroxylation sites is 1. The van der Waals surface area contributed by atoms with Crippen LogP contribution in [0.1, 0.15) is 41.6 Å². The zero-order valence-corrected chi connectivity index (χ0v) is 19.4. The van der Waals surface area contributed by atoms with Crippen LogP contribution in [0.15, 0.2) is 67.0 Å². The first kappa shape index (κ1) is 22.4.